The van der Waals surface area contributed by atoms with E-state index in [1.807, 2.05) is 29.2 Å². The SMILES string of the molecule is COc1ncccc1C(=O)N1CCN(c2ccc(Nc3ccncc3)nn2)CC1. The third-order valence-corrected chi connectivity index (χ3v) is 4.69. The van der Waals surface area contributed by atoms with Gasteiger partial charge in [0.2, 0.25) is 5.88 Å². The number of carbonyl (C=O) groups is 1. The van der Waals surface area contributed by atoms with E-state index in [-0.39, 0.29) is 5.91 Å². The smallest absolute Gasteiger partial charge is 0.259 e. The second-order valence-electron chi connectivity index (χ2n) is 6.48. The van der Waals surface area contributed by atoms with Gasteiger partial charge in [-0.3, -0.25) is 9.78 Å². The number of nitrogens with zero attached hydrogens (tertiary/aromatic N) is 6. The molecule has 9 nitrogen and oxygen atoms in total. The maximum atomic E-state index is 12.8. The molecule has 0 radical (unpaired) electrons. The largest absolute Gasteiger partial charge is 0.480 e. The molecule has 0 aromatic carbocycles. The maximum absolute atomic E-state index is 12.8. The number of hydrogen-bond donors (Lipinski definition) is 1. The Morgan fingerprint density at radius 3 is 2.48 bits per heavy atom. The van der Waals surface area contributed by atoms with Crippen LogP contribution in [0.3, 0.4) is 0 Å². The molecule has 1 N–H and O–H groups in total. The normalized spacial score (nSPS) is 13.8. The molecule has 1 fully saturated rings. The van der Waals surface area contributed by atoms with Crippen LogP contribution in [-0.2, 0) is 0 Å². The summed E-state index contributed by atoms with van der Waals surface area (Å²) in [5.74, 6) is 1.73. The van der Waals surface area contributed by atoms with Crippen molar-refractivity contribution in [2.75, 3.05) is 43.5 Å². The Bertz CT molecular complexity index is 958. The highest BCUT2D eigenvalue weighted by Crippen LogP contribution is 2.20. The minimum atomic E-state index is -0.0717. The quantitative estimate of drug-likeness (QED) is 0.705. The van der Waals surface area contributed by atoms with E-state index in [1.165, 1.54) is 7.11 Å². The van der Waals surface area contributed by atoms with Crippen molar-refractivity contribution < 1.29 is 9.53 Å². The number of piperazine rings is 1. The third-order valence-electron chi connectivity index (χ3n) is 4.69. The summed E-state index contributed by atoms with van der Waals surface area (Å²) >= 11 is 0. The fourth-order valence-electron chi connectivity index (χ4n) is 3.17. The Morgan fingerprint density at radius 1 is 1.00 bits per heavy atom. The molecule has 0 bridgehead atoms. The van der Waals surface area contributed by atoms with Crippen LogP contribution in [-0.4, -0.2) is 64.3 Å². The second kappa shape index (κ2) is 8.51. The minimum absolute atomic E-state index is 0.0717. The highest BCUT2D eigenvalue weighted by atomic mass is 16.5. The van der Waals surface area contributed by atoms with Crippen molar-refractivity contribution >= 4 is 23.2 Å². The predicted octanol–water partition coefficient (Wildman–Crippen LogP) is 1.98. The van der Waals surface area contributed by atoms with Crippen LogP contribution in [0.25, 0.3) is 0 Å². The first-order valence-electron chi connectivity index (χ1n) is 9.28. The Morgan fingerprint density at radius 2 is 1.79 bits per heavy atom. The van der Waals surface area contributed by atoms with E-state index in [4.69, 9.17) is 4.74 Å². The number of nitrogens with one attached hydrogen (secondary N) is 1. The van der Waals surface area contributed by atoms with Gasteiger partial charge >= 0.3 is 0 Å². The first-order chi connectivity index (χ1) is 14.2. The van der Waals surface area contributed by atoms with E-state index in [9.17, 15) is 4.79 Å². The first kappa shape index (κ1) is 18.6. The molecule has 0 atom stereocenters. The van der Waals surface area contributed by atoms with Crippen molar-refractivity contribution in [1.29, 1.82) is 0 Å². The lowest BCUT2D eigenvalue weighted by Gasteiger charge is -2.35. The molecule has 29 heavy (non-hydrogen) atoms. The average molecular weight is 391 g/mol. The van der Waals surface area contributed by atoms with Crippen LogP contribution in [0, 0.1) is 0 Å². The molecule has 0 saturated carbocycles. The number of ether oxygens (including phenoxy) is 1. The molecular formula is C20H21N7O2. The van der Waals surface area contributed by atoms with Gasteiger partial charge in [0.15, 0.2) is 11.6 Å². The highest BCUT2D eigenvalue weighted by molar-refractivity contribution is 5.96. The number of methoxy groups -OCH3 is 1. The van der Waals surface area contributed by atoms with Crippen LogP contribution in [0.5, 0.6) is 5.88 Å². The predicted molar refractivity (Wildman–Crippen MR) is 108 cm³/mol. The van der Waals surface area contributed by atoms with Gasteiger partial charge in [-0.2, -0.15) is 0 Å². The topological polar surface area (TPSA) is 96.4 Å². The molecule has 3 aromatic rings. The lowest BCUT2D eigenvalue weighted by molar-refractivity contribution is 0.0742. The van der Waals surface area contributed by atoms with Gasteiger partial charge in [-0.25, -0.2) is 4.98 Å². The van der Waals surface area contributed by atoms with Gasteiger partial charge in [0, 0.05) is 50.5 Å². The Labute approximate surface area is 168 Å². The molecule has 0 spiro atoms. The van der Waals surface area contributed by atoms with Crippen molar-refractivity contribution in [2.45, 2.75) is 0 Å². The number of anilines is 3. The summed E-state index contributed by atoms with van der Waals surface area (Å²) in [7, 11) is 1.52. The fourth-order valence-corrected chi connectivity index (χ4v) is 3.17. The molecule has 0 aliphatic carbocycles. The molecular weight excluding hydrogens is 370 g/mol. The Hall–Kier alpha value is -3.75. The minimum Gasteiger partial charge on any atom is -0.480 e. The van der Waals surface area contributed by atoms with Crippen LogP contribution in [0.1, 0.15) is 10.4 Å². The maximum Gasteiger partial charge on any atom is 0.259 e. The first-order valence-corrected chi connectivity index (χ1v) is 9.28. The van der Waals surface area contributed by atoms with Crippen LogP contribution < -0.4 is 15.0 Å². The number of amides is 1. The van der Waals surface area contributed by atoms with Crippen LogP contribution >= 0.6 is 0 Å². The van der Waals surface area contributed by atoms with Crippen molar-refractivity contribution in [3.05, 3.63) is 60.6 Å². The van der Waals surface area contributed by atoms with E-state index < -0.39 is 0 Å². The van der Waals surface area contributed by atoms with Crippen LogP contribution in [0.15, 0.2) is 55.0 Å². The summed E-state index contributed by atoms with van der Waals surface area (Å²) in [6.07, 6.45) is 5.04. The Balaban J connectivity index is 1.36. The third kappa shape index (κ3) is 4.23. The molecule has 148 valence electrons. The summed E-state index contributed by atoms with van der Waals surface area (Å²) in [5, 5.41) is 11.7. The number of aromatic nitrogens is 4. The molecule has 0 unspecified atom stereocenters. The zero-order chi connectivity index (χ0) is 20.1. The number of carbonyl (C=O) groups excluding carboxylic acids is 1. The summed E-state index contributed by atoms with van der Waals surface area (Å²) in [5.41, 5.74) is 1.38. The molecule has 1 amide bonds. The van der Waals surface area contributed by atoms with Gasteiger partial charge in [0.05, 0.1) is 7.11 Å². The van der Waals surface area contributed by atoms with E-state index in [0.717, 1.165) is 11.5 Å². The lowest BCUT2D eigenvalue weighted by Crippen LogP contribution is -2.49. The molecule has 4 heterocycles. The molecule has 3 aromatic heterocycles. The number of pyridine rings is 2. The standard InChI is InChI=1S/C20H21N7O2/c1-29-19-16(3-2-8-22-19)20(28)27-13-11-26(12-14-27)18-5-4-17(24-25-18)23-15-6-9-21-10-7-15/h2-10H,11-14H2,1H3,(H,21,23,24). The van der Waals surface area contributed by atoms with Crippen LogP contribution in [0.4, 0.5) is 17.3 Å². The Kier molecular flexibility index (Phi) is 5.46. The van der Waals surface area contributed by atoms with E-state index in [0.29, 0.717) is 43.4 Å². The van der Waals surface area contributed by atoms with E-state index in [1.54, 1.807) is 30.7 Å². The van der Waals surface area contributed by atoms with Gasteiger partial charge in [0.1, 0.15) is 5.56 Å². The molecule has 1 saturated heterocycles. The van der Waals surface area contributed by atoms with Gasteiger partial charge in [-0.15, -0.1) is 10.2 Å². The van der Waals surface area contributed by atoms with Gasteiger partial charge in [-0.05, 0) is 36.4 Å². The molecule has 1 aliphatic heterocycles. The van der Waals surface area contributed by atoms with Crippen molar-refractivity contribution in [1.82, 2.24) is 25.1 Å². The summed E-state index contributed by atoms with van der Waals surface area (Å²) in [6, 6.07) is 11.0. The van der Waals surface area contributed by atoms with E-state index in [2.05, 4.69) is 30.4 Å². The number of hydrogen-bond acceptors (Lipinski definition) is 8. The summed E-state index contributed by atoms with van der Waals surface area (Å²) in [4.78, 5) is 24.8. The van der Waals surface area contributed by atoms with Crippen molar-refractivity contribution in [3.8, 4) is 5.88 Å². The summed E-state index contributed by atoms with van der Waals surface area (Å²) < 4.78 is 5.20. The summed E-state index contributed by atoms with van der Waals surface area (Å²) in [6.45, 7) is 2.55. The average Bonchev–Trinajstić information content (AvgIpc) is 2.80. The number of rotatable bonds is 5. The van der Waals surface area contributed by atoms with Crippen molar-refractivity contribution in [3.63, 3.8) is 0 Å². The molecule has 1 aliphatic rings. The monoisotopic (exact) mass is 391 g/mol. The van der Waals surface area contributed by atoms with Crippen LogP contribution in [0.2, 0.25) is 0 Å². The van der Waals surface area contributed by atoms with E-state index >= 15 is 0 Å². The zero-order valence-corrected chi connectivity index (χ0v) is 16.0. The second-order valence-corrected chi connectivity index (χ2v) is 6.48. The lowest BCUT2D eigenvalue weighted by atomic mass is 10.2. The fraction of sp³-hybridized carbons (Fsp3) is 0.250. The van der Waals surface area contributed by atoms with Gasteiger partial charge in [0.25, 0.3) is 5.91 Å². The zero-order valence-electron chi connectivity index (χ0n) is 16.0. The highest BCUT2D eigenvalue weighted by Gasteiger charge is 2.25. The van der Waals surface area contributed by atoms with Crippen molar-refractivity contribution in [2.24, 2.45) is 0 Å². The van der Waals surface area contributed by atoms with Gasteiger partial charge < -0.3 is 19.9 Å². The van der Waals surface area contributed by atoms with Gasteiger partial charge in [-0.1, -0.05) is 0 Å². The molecule has 4 rings (SSSR count). The molecule has 9 heteroatoms.